The van der Waals surface area contributed by atoms with Gasteiger partial charge in [-0.3, -0.25) is 14.6 Å². The molecular formula is C18H18N2O3. The number of nitrogen functional groups attached to an aromatic ring is 1. The van der Waals surface area contributed by atoms with Crippen LogP contribution in [0.2, 0.25) is 0 Å². The standard InChI is InChI=1S/C18H18N2O3/c19-13-8-9-16(20-10-13)11-4-6-12(7-5-11)17(21)14-2-1-3-15(14)18(22)23/h4-10,14-15H,1-3,19H2,(H,22,23)/t14-,15-/m1/s1. The van der Waals surface area contributed by atoms with Crippen LogP contribution in [0.25, 0.3) is 11.3 Å². The summed E-state index contributed by atoms with van der Waals surface area (Å²) in [6.07, 6.45) is 3.61. The predicted molar refractivity (Wildman–Crippen MR) is 86.9 cm³/mol. The molecule has 1 heterocycles. The Morgan fingerprint density at radius 3 is 2.35 bits per heavy atom. The second-order valence-corrected chi connectivity index (χ2v) is 5.90. The molecule has 1 saturated carbocycles. The average molecular weight is 310 g/mol. The Morgan fingerprint density at radius 1 is 1.04 bits per heavy atom. The summed E-state index contributed by atoms with van der Waals surface area (Å²) in [6.45, 7) is 0. The highest BCUT2D eigenvalue weighted by Gasteiger charge is 2.37. The lowest BCUT2D eigenvalue weighted by molar-refractivity contribution is -0.142. The van der Waals surface area contributed by atoms with Crippen molar-refractivity contribution >= 4 is 17.4 Å². The van der Waals surface area contributed by atoms with Gasteiger partial charge in [-0.25, -0.2) is 0 Å². The number of nitrogens with two attached hydrogens (primary N) is 1. The van der Waals surface area contributed by atoms with Crippen LogP contribution in [0.3, 0.4) is 0 Å². The zero-order chi connectivity index (χ0) is 16.4. The molecule has 5 heteroatoms. The number of pyridine rings is 1. The van der Waals surface area contributed by atoms with Gasteiger partial charge in [-0.1, -0.05) is 30.7 Å². The van der Waals surface area contributed by atoms with E-state index in [0.717, 1.165) is 17.7 Å². The minimum absolute atomic E-state index is 0.0771. The van der Waals surface area contributed by atoms with Gasteiger partial charge >= 0.3 is 5.97 Å². The zero-order valence-corrected chi connectivity index (χ0v) is 12.6. The summed E-state index contributed by atoms with van der Waals surface area (Å²) in [5.41, 5.74) is 8.45. The molecular weight excluding hydrogens is 292 g/mol. The van der Waals surface area contributed by atoms with Gasteiger partial charge in [0.2, 0.25) is 0 Å². The summed E-state index contributed by atoms with van der Waals surface area (Å²) in [5, 5.41) is 9.22. The molecule has 1 aliphatic rings. The molecule has 2 aromatic rings. The average Bonchev–Trinajstić information content (AvgIpc) is 3.05. The molecule has 0 bridgehead atoms. The number of Topliss-reactive ketones (excluding diaryl/α,β-unsaturated/α-hetero) is 1. The first-order valence-electron chi connectivity index (χ1n) is 7.65. The number of carbonyl (C=O) groups is 2. The molecule has 23 heavy (non-hydrogen) atoms. The van der Waals surface area contributed by atoms with Crippen LogP contribution in [0.4, 0.5) is 5.69 Å². The van der Waals surface area contributed by atoms with Crippen molar-refractivity contribution in [1.29, 1.82) is 0 Å². The molecule has 0 amide bonds. The summed E-state index contributed by atoms with van der Waals surface area (Å²) in [6, 6.07) is 10.7. The number of nitrogens with zero attached hydrogens (tertiary/aromatic N) is 1. The molecule has 0 radical (unpaired) electrons. The van der Waals surface area contributed by atoms with E-state index in [1.54, 1.807) is 24.4 Å². The summed E-state index contributed by atoms with van der Waals surface area (Å²) >= 11 is 0. The van der Waals surface area contributed by atoms with Gasteiger partial charge in [-0.05, 0) is 25.0 Å². The Bertz CT molecular complexity index is 723. The lowest BCUT2D eigenvalue weighted by Crippen LogP contribution is -2.25. The van der Waals surface area contributed by atoms with Gasteiger partial charge < -0.3 is 10.8 Å². The van der Waals surface area contributed by atoms with Crippen LogP contribution in [-0.4, -0.2) is 21.8 Å². The van der Waals surface area contributed by atoms with E-state index in [0.29, 0.717) is 24.1 Å². The molecule has 3 N–H and O–H groups in total. The van der Waals surface area contributed by atoms with Crippen LogP contribution in [0.1, 0.15) is 29.6 Å². The number of rotatable bonds is 4. The lowest BCUT2D eigenvalue weighted by Gasteiger charge is -2.14. The Labute approximate surface area is 134 Å². The normalized spacial score (nSPS) is 20.3. The first kappa shape index (κ1) is 15.2. The van der Waals surface area contributed by atoms with Crippen molar-refractivity contribution in [3.05, 3.63) is 48.2 Å². The van der Waals surface area contributed by atoms with E-state index in [2.05, 4.69) is 4.98 Å². The second-order valence-electron chi connectivity index (χ2n) is 5.90. The number of anilines is 1. The topological polar surface area (TPSA) is 93.3 Å². The van der Waals surface area contributed by atoms with E-state index in [9.17, 15) is 14.7 Å². The third-order valence-electron chi connectivity index (χ3n) is 4.42. The van der Waals surface area contributed by atoms with Crippen LogP contribution < -0.4 is 5.73 Å². The highest BCUT2D eigenvalue weighted by Crippen LogP contribution is 2.34. The van der Waals surface area contributed by atoms with Crippen LogP contribution in [0.15, 0.2) is 42.6 Å². The van der Waals surface area contributed by atoms with Gasteiger partial charge in [0.15, 0.2) is 5.78 Å². The molecule has 0 unspecified atom stereocenters. The molecule has 118 valence electrons. The van der Waals surface area contributed by atoms with E-state index in [-0.39, 0.29) is 5.78 Å². The quantitative estimate of drug-likeness (QED) is 0.847. The minimum atomic E-state index is -0.872. The maximum atomic E-state index is 12.6. The number of carboxylic acid groups (broad SMARTS) is 1. The maximum Gasteiger partial charge on any atom is 0.307 e. The van der Waals surface area contributed by atoms with Gasteiger partial charge in [0.25, 0.3) is 0 Å². The molecule has 1 aliphatic carbocycles. The fraction of sp³-hybridized carbons (Fsp3) is 0.278. The molecule has 1 fully saturated rings. The van der Waals surface area contributed by atoms with Crippen LogP contribution in [0.5, 0.6) is 0 Å². The van der Waals surface area contributed by atoms with Crippen LogP contribution >= 0.6 is 0 Å². The molecule has 2 atom stereocenters. The molecule has 5 nitrogen and oxygen atoms in total. The Kier molecular flexibility index (Phi) is 4.10. The monoisotopic (exact) mass is 310 g/mol. The summed E-state index contributed by atoms with van der Waals surface area (Å²) in [7, 11) is 0. The van der Waals surface area contributed by atoms with Crippen molar-refractivity contribution in [2.24, 2.45) is 11.8 Å². The van der Waals surface area contributed by atoms with Gasteiger partial charge in [-0.2, -0.15) is 0 Å². The highest BCUT2D eigenvalue weighted by atomic mass is 16.4. The SMILES string of the molecule is Nc1ccc(-c2ccc(C(=O)[C@@H]3CCC[C@H]3C(=O)O)cc2)nc1. The van der Waals surface area contributed by atoms with Crippen molar-refractivity contribution in [2.45, 2.75) is 19.3 Å². The smallest absolute Gasteiger partial charge is 0.307 e. The van der Waals surface area contributed by atoms with E-state index in [1.165, 1.54) is 0 Å². The number of benzene rings is 1. The van der Waals surface area contributed by atoms with E-state index in [1.807, 2.05) is 18.2 Å². The molecule has 0 spiro atoms. The van der Waals surface area contributed by atoms with Crippen molar-refractivity contribution < 1.29 is 14.7 Å². The van der Waals surface area contributed by atoms with Crippen molar-refractivity contribution in [2.75, 3.05) is 5.73 Å². The summed E-state index contributed by atoms with van der Waals surface area (Å²) in [4.78, 5) is 28.1. The number of carboxylic acids is 1. The van der Waals surface area contributed by atoms with Gasteiger partial charge in [0, 0.05) is 17.0 Å². The highest BCUT2D eigenvalue weighted by molar-refractivity contribution is 6.00. The Hall–Kier alpha value is -2.69. The third kappa shape index (κ3) is 3.08. The lowest BCUT2D eigenvalue weighted by atomic mass is 9.88. The first-order chi connectivity index (χ1) is 11.1. The van der Waals surface area contributed by atoms with E-state index >= 15 is 0 Å². The maximum absolute atomic E-state index is 12.6. The van der Waals surface area contributed by atoms with Crippen LogP contribution in [0, 0.1) is 11.8 Å². The number of ketones is 1. The molecule has 1 aromatic heterocycles. The van der Waals surface area contributed by atoms with Gasteiger partial charge in [-0.15, -0.1) is 0 Å². The number of hydrogen-bond acceptors (Lipinski definition) is 4. The van der Waals surface area contributed by atoms with Crippen molar-refractivity contribution in [3.8, 4) is 11.3 Å². The number of carbonyl (C=O) groups excluding carboxylic acids is 1. The van der Waals surface area contributed by atoms with E-state index < -0.39 is 17.8 Å². The number of aliphatic carboxylic acids is 1. The molecule has 3 rings (SSSR count). The molecule has 1 aromatic carbocycles. The van der Waals surface area contributed by atoms with Crippen LogP contribution in [-0.2, 0) is 4.79 Å². The summed E-state index contributed by atoms with van der Waals surface area (Å²) < 4.78 is 0. The Balaban J connectivity index is 1.80. The molecule has 0 saturated heterocycles. The predicted octanol–water partition coefficient (Wildman–Crippen LogP) is 3.01. The number of aromatic nitrogens is 1. The Morgan fingerprint density at radius 2 is 1.74 bits per heavy atom. The van der Waals surface area contributed by atoms with Gasteiger partial charge in [0.05, 0.1) is 23.5 Å². The fourth-order valence-corrected chi connectivity index (χ4v) is 3.16. The fourth-order valence-electron chi connectivity index (χ4n) is 3.16. The second kappa shape index (κ2) is 6.20. The number of hydrogen-bond donors (Lipinski definition) is 2. The minimum Gasteiger partial charge on any atom is -0.481 e. The zero-order valence-electron chi connectivity index (χ0n) is 12.6. The first-order valence-corrected chi connectivity index (χ1v) is 7.65. The summed E-state index contributed by atoms with van der Waals surface area (Å²) in [5.74, 6) is -1.91. The van der Waals surface area contributed by atoms with Crippen molar-refractivity contribution in [1.82, 2.24) is 4.98 Å². The van der Waals surface area contributed by atoms with E-state index in [4.69, 9.17) is 5.73 Å². The third-order valence-corrected chi connectivity index (χ3v) is 4.42. The molecule has 0 aliphatic heterocycles. The van der Waals surface area contributed by atoms with Crippen molar-refractivity contribution in [3.63, 3.8) is 0 Å². The van der Waals surface area contributed by atoms with Gasteiger partial charge in [0.1, 0.15) is 0 Å². The largest absolute Gasteiger partial charge is 0.481 e.